The highest BCUT2D eigenvalue weighted by Crippen LogP contribution is 2.15. The number of hydrogen-bond donors (Lipinski definition) is 3. The van der Waals surface area contributed by atoms with Crippen LogP contribution in [0.15, 0.2) is 11.0 Å². The van der Waals surface area contributed by atoms with Crippen molar-refractivity contribution in [3.05, 3.63) is 21.6 Å². The monoisotopic (exact) mass is 289 g/mol. The molecular weight excluding hydrogens is 270 g/mol. The fraction of sp³-hybridized carbons (Fsp3) is 0.667. The highest BCUT2D eigenvalue weighted by Gasteiger charge is 2.08. The fourth-order valence-corrected chi connectivity index (χ4v) is 1.87. The number of nitrogens with zero attached hydrogens (tertiary/aromatic N) is 2. The van der Waals surface area contributed by atoms with E-state index >= 15 is 0 Å². The number of halogens is 1. The number of aliphatic hydroxyl groups is 2. The Morgan fingerprint density at radius 1 is 1.21 bits per heavy atom. The largest absolute Gasteiger partial charge is 0.396 e. The molecule has 1 aromatic rings. The van der Waals surface area contributed by atoms with Gasteiger partial charge in [-0.15, -0.1) is 0 Å². The maximum absolute atomic E-state index is 11.7. The van der Waals surface area contributed by atoms with Crippen LogP contribution in [-0.2, 0) is 6.54 Å². The molecule has 0 aliphatic carbocycles. The van der Waals surface area contributed by atoms with Crippen LogP contribution in [-0.4, -0.2) is 39.8 Å². The molecule has 6 nitrogen and oxygen atoms in total. The predicted octanol–water partition coefficient (Wildman–Crippen LogP) is 0.854. The Morgan fingerprint density at radius 3 is 2.63 bits per heavy atom. The zero-order valence-electron chi connectivity index (χ0n) is 10.8. The Labute approximate surface area is 117 Å². The smallest absolute Gasteiger partial charge is 0.287 e. The van der Waals surface area contributed by atoms with E-state index in [9.17, 15) is 4.79 Å². The molecule has 0 radical (unpaired) electrons. The van der Waals surface area contributed by atoms with E-state index in [1.807, 2.05) is 0 Å². The van der Waals surface area contributed by atoms with Gasteiger partial charge in [0.05, 0.1) is 25.0 Å². The van der Waals surface area contributed by atoms with Crippen molar-refractivity contribution in [2.24, 2.45) is 0 Å². The summed E-state index contributed by atoms with van der Waals surface area (Å²) in [6.45, 7) is 0.920. The van der Waals surface area contributed by atoms with Gasteiger partial charge in [-0.25, -0.2) is 4.68 Å². The first-order valence-corrected chi connectivity index (χ1v) is 6.79. The van der Waals surface area contributed by atoms with Crippen LogP contribution in [0.1, 0.15) is 25.7 Å². The summed E-state index contributed by atoms with van der Waals surface area (Å²) in [4.78, 5) is 11.7. The van der Waals surface area contributed by atoms with Gasteiger partial charge < -0.3 is 15.5 Å². The number of hydrogen-bond acceptors (Lipinski definition) is 5. The number of anilines is 1. The Bertz CT molecular complexity index is 437. The molecule has 3 N–H and O–H groups in total. The van der Waals surface area contributed by atoms with Crippen molar-refractivity contribution < 1.29 is 10.2 Å². The van der Waals surface area contributed by atoms with Crippen molar-refractivity contribution in [3.63, 3.8) is 0 Å². The lowest BCUT2D eigenvalue weighted by Crippen LogP contribution is -2.25. The molecule has 0 aliphatic rings. The van der Waals surface area contributed by atoms with Gasteiger partial charge in [0, 0.05) is 13.2 Å². The Morgan fingerprint density at radius 2 is 1.95 bits per heavy atom. The lowest BCUT2D eigenvalue weighted by atomic mass is 10.2. The molecule has 0 saturated carbocycles. The van der Waals surface area contributed by atoms with Gasteiger partial charge in [0.15, 0.2) is 0 Å². The molecule has 1 aromatic heterocycles. The first-order valence-electron chi connectivity index (χ1n) is 6.42. The summed E-state index contributed by atoms with van der Waals surface area (Å²) in [7, 11) is 0. The van der Waals surface area contributed by atoms with Crippen molar-refractivity contribution in [2.45, 2.75) is 32.2 Å². The minimum absolute atomic E-state index is 0.0961. The number of rotatable bonds is 9. The van der Waals surface area contributed by atoms with Gasteiger partial charge in [0.1, 0.15) is 5.02 Å². The molecule has 108 valence electrons. The zero-order chi connectivity index (χ0) is 14.1. The third kappa shape index (κ3) is 5.18. The Hall–Kier alpha value is -1.11. The van der Waals surface area contributed by atoms with E-state index in [-0.39, 0.29) is 24.8 Å². The molecular formula is C12H20ClN3O3. The van der Waals surface area contributed by atoms with Gasteiger partial charge in [-0.3, -0.25) is 4.79 Å². The van der Waals surface area contributed by atoms with Crippen LogP contribution in [0.25, 0.3) is 0 Å². The maximum atomic E-state index is 11.7. The third-order valence-electron chi connectivity index (χ3n) is 2.70. The molecule has 0 bridgehead atoms. The van der Waals surface area contributed by atoms with Gasteiger partial charge >= 0.3 is 0 Å². The SMILES string of the molecule is O=c1c(Cl)c(NCCCCCCO)cnn1CCO. The quantitative estimate of drug-likeness (QED) is 0.587. The minimum Gasteiger partial charge on any atom is -0.396 e. The number of unbranched alkanes of at least 4 members (excludes halogenated alkanes) is 3. The van der Waals surface area contributed by atoms with Gasteiger partial charge in [0.25, 0.3) is 5.56 Å². The number of aromatic nitrogens is 2. The predicted molar refractivity (Wildman–Crippen MR) is 74.6 cm³/mol. The van der Waals surface area contributed by atoms with Crippen LogP contribution < -0.4 is 10.9 Å². The average molecular weight is 290 g/mol. The van der Waals surface area contributed by atoms with E-state index in [2.05, 4.69) is 10.4 Å². The number of aliphatic hydroxyl groups excluding tert-OH is 2. The summed E-state index contributed by atoms with van der Waals surface area (Å²) in [6, 6.07) is 0. The molecule has 0 aromatic carbocycles. The van der Waals surface area contributed by atoms with Crippen molar-refractivity contribution in [2.75, 3.05) is 25.1 Å². The first-order chi connectivity index (χ1) is 9.20. The molecule has 0 saturated heterocycles. The summed E-state index contributed by atoms with van der Waals surface area (Å²) in [5, 5.41) is 24.5. The lowest BCUT2D eigenvalue weighted by molar-refractivity contribution is 0.266. The fourth-order valence-electron chi connectivity index (χ4n) is 1.66. The summed E-state index contributed by atoms with van der Waals surface area (Å²) in [5.41, 5.74) is 0.115. The van der Waals surface area contributed by atoms with E-state index in [0.717, 1.165) is 30.4 Å². The maximum Gasteiger partial charge on any atom is 0.287 e. The van der Waals surface area contributed by atoms with Crippen LogP contribution in [0.4, 0.5) is 5.69 Å². The molecule has 0 spiro atoms. The van der Waals surface area contributed by atoms with E-state index in [1.54, 1.807) is 0 Å². The lowest BCUT2D eigenvalue weighted by Gasteiger charge is -2.09. The van der Waals surface area contributed by atoms with E-state index in [0.29, 0.717) is 12.2 Å². The van der Waals surface area contributed by atoms with E-state index in [1.165, 1.54) is 6.20 Å². The highest BCUT2D eigenvalue weighted by atomic mass is 35.5. The normalized spacial score (nSPS) is 10.7. The molecule has 0 fully saturated rings. The molecule has 1 rings (SSSR count). The van der Waals surface area contributed by atoms with Crippen LogP contribution in [0.3, 0.4) is 0 Å². The van der Waals surface area contributed by atoms with Gasteiger partial charge in [-0.2, -0.15) is 5.10 Å². The van der Waals surface area contributed by atoms with Gasteiger partial charge in [0.2, 0.25) is 0 Å². The van der Waals surface area contributed by atoms with Crippen molar-refractivity contribution in [1.82, 2.24) is 9.78 Å². The van der Waals surface area contributed by atoms with Gasteiger partial charge in [-0.1, -0.05) is 24.4 Å². The molecule has 0 unspecified atom stereocenters. The highest BCUT2D eigenvalue weighted by molar-refractivity contribution is 6.32. The molecule has 1 heterocycles. The summed E-state index contributed by atoms with van der Waals surface area (Å²) in [5.74, 6) is 0. The topological polar surface area (TPSA) is 87.4 Å². The van der Waals surface area contributed by atoms with E-state index in [4.69, 9.17) is 21.8 Å². The molecule has 0 atom stereocenters. The van der Waals surface area contributed by atoms with Crippen molar-refractivity contribution in [3.8, 4) is 0 Å². The number of nitrogens with one attached hydrogen (secondary N) is 1. The van der Waals surface area contributed by atoms with Crippen molar-refractivity contribution >= 4 is 17.3 Å². The second-order valence-electron chi connectivity index (χ2n) is 4.19. The third-order valence-corrected chi connectivity index (χ3v) is 3.06. The van der Waals surface area contributed by atoms with Crippen LogP contribution in [0.5, 0.6) is 0 Å². The second-order valence-corrected chi connectivity index (χ2v) is 4.57. The average Bonchev–Trinajstić information content (AvgIpc) is 2.41. The van der Waals surface area contributed by atoms with Crippen LogP contribution >= 0.6 is 11.6 Å². The van der Waals surface area contributed by atoms with Crippen LogP contribution in [0, 0.1) is 0 Å². The molecule has 0 aliphatic heterocycles. The van der Waals surface area contributed by atoms with Crippen molar-refractivity contribution in [1.29, 1.82) is 0 Å². The summed E-state index contributed by atoms with van der Waals surface area (Å²) >= 11 is 5.95. The second kappa shape index (κ2) is 8.90. The molecule has 0 amide bonds. The first kappa shape index (κ1) is 15.9. The Kier molecular flexibility index (Phi) is 7.47. The molecule has 7 heteroatoms. The van der Waals surface area contributed by atoms with Crippen LogP contribution in [0.2, 0.25) is 5.02 Å². The standard InChI is InChI=1S/C12H20ClN3O3/c13-11-10(14-5-3-1-2-4-7-17)9-15-16(6-8-18)12(11)19/h9,14,17-18H,1-8H2. The Balaban J connectivity index is 2.46. The summed E-state index contributed by atoms with van der Waals surface area (Å²) in [6.07, 6.45) is 5.26. The van der Waals surface area contributed by atoms with Gasteiger partial charge in [-0.05, 0) is 12.8 Å². The zero-order valence-corrected chi connectivity index (χ0v) is 11.6. The minimum atomic E-state index is -0.402. The van der Waals surface area contributed by atoms with E-state index < -0.39 is 5.56 Å². The summed E-state index contributed by atoms with van der Waals surface area (Å²) < 4.78 is 1.13. The molecule has 19 heavy (non-hydrogen) atoms.